The van der Waals surface area contributed by atoms with E-state index in [0.29, 0.717) is 17.3 Å². The number of urea groups is 1. The molecule has 0 aliphatic heterocycles. The number of rotatable bonds is 5. The minimum atomic E-state index is -0.272. The summed E-state index contributed by atoms with van der Waals surface area (Å²) in [5.74, 6) is 0.813. The van der Waals surface area contributed by atoms with E-state index in [9.17, 15) is 4.79 Å². The molecule has 0 radical (unpaired) electrons. The van der Waals surface area contributed by atoms with Gasteiger partial charge in [-0.1, -0.05) is 35.9 Å². The SMILES string of the molecule is COc1cccc(CCNC(=O)Nc2ccccc2Cl)c1. The number of benzene rings is 2. The van der Waals surface area contributed by atoms with Gasteiger partial charge in [-0.25, -0.2) is 4.79 Å². The van der Waals surface area contributed by atoms with Crippen LogP contribution >= 0.6 is 11.6 Å². The molecule has 0 heterocycles. The number of nitrogens with one attached hydrogen (secondary N) is 2. The van der Waals surface area contributed by atoms with Crippen LogP contribution in [0.2, 0.25) is 5.02 Å². The second-order valence-electron chi connectivity index (χ2n) is 4.46. The molecule has 2 amide bonds. The van der Waals surface area contributed by atoms with Crippen LogP contribution in [0.3, 0.4) is 0 Å². The zero-order valence-electron chi connectivity index (χ0n) is 11.7. The highest BCUT2D eigenvalue weighted by Gasteiger charge is 2.04. The molecule has 2 rings (SSSR count). The average molecular weight is 305 g/mol. The van der Waals surface area contributed by atoms with Gasteiger partial charge >= 0.3 is 6.03 Å². The van der Waals surface area contributed by atoms with E-state index in [-0.39, 0.29) is 6.03 Å². The summed E-state index contributed by atoms with van der Waals surface area (Å²) in [5, 5.41) is 6.02. The van der Waals surface area contributed by atoms with Crippen molar-refractivity contribution in [3.63, 3.8) is 0 Å². The van der Waals surface area contributed by atoms with Gasteiger partial charge in [0.15, 0.2) is 0 Å². The standard InChI is InChI=1S/C16H17ClN2O2/c1-21-13-6-4-5-12(11-13)9-10-18-16(20)19-15-8-3-2-7-14(15)17/h2-8,11H,9-10H2,1H3,(H2,18,19,20). The van der Waals surface area contributed by atoms with Gasteiger partial charge in [-0.2, -0.15) is 0 Å². The van der Waals surface area contributed by atoms with Crippen molar-refractivity contribution in [3.8, 4) is 5.75 Å². The van der Waals surface area contributed by atoms with E-state index in [4.69, 9.17) is 16.3 Å². The molecule has 110 valence electrons. The van der Waals surface area contributed by atoms with Gasteiger partial charge in [0.05, 0.1) is 17.8 Å². The van der Waals surface area contributed by atoms with Gasteiger partial charge in [-0.15, -0.1) is 0 Å². The van der Waals surface area contributed by atoms with E-state index in [2.05, 4.69) is 10.6 Å². The number of para-hydroxylation sites is 1. The van der Waals surface area contributed by atoms with Gasteiger partial charge in [0.1, 0.15) is 5.75 Å². The Morgan fingerprint density at radius 1 is 1.19 bits per heavy atom. The molecule has 0 atom stereocenters. The number of methoxy groups -OCH3 is 1. The number of ether oxygens (including phenoxy) is 1. The first-order valence-electron chi connectivity index (χ1n) is 6.61. The molecule has 0 saturated carbocycles. The summed E-state index contributed by atoms with van der Waals surface area (Å²) in [6.45, 7) is 0.531. The molecule has 21 heavy (non-hydrogen) atoms. The van der Waals surface area contributed by atoms with Crippen molar-refractivity contribution < 1.29 is 9.53 Å². The fourth-order valence-corrected chi connectivity index (χ4v) is 2.06. The maximum atomic E-state index is 11.8. The van der Waals surface area contributed by atoms with Crippen LogP contribution in [0.5, 0.6) is 5.75 Å². The predicted molar refractivity (Wildman–Crippen MR) is 85.2 cm³/mol. The van der Waals surface area contributed by atoms with Gasteiger partial charge < -0.3 is 15.4 Å². The summed E-state index contributed by atoms with van der Waals surface area (Å²) in [6.07, 6.45) is 0.729. The van der Waals surface area contributed by atoms with Crippen LogP contribution in [0.15, 0.2) is 48.5 Å². The van der Waals surface area contributed by atoms with Crippen molar-refractivity contribution in [1.82, 2.24) is 5.32 Å². The molecule has 5 heteroatoms. The first-order valence-corrected chi connectivity index (χ1v) is 6.99. The second-order valence-corrected chi connectivity index (χ2v) is 4.87. The Balaban J connectivity index is 1.80. The Morgan fingerprint density at radius 2 is 2.00 bits per heavy atom. The van der Waals surface area contributed by atoms with Crippen LogP contribution in [-0.4, -0.2) is 19.7 Å². The second kappa shape index (κ2) is 7.55. The third-order valence-corrected chi connectivity index (χ3v) is 3.29. The van der Waals surface area contributed by atoms with E-state index in [1.54, 1.807) is 19.2 Å². The van der Waals surface area contributed by atoms with E-state index < -0.39 is 0 Å². The molecule has 0 spiro atoms. The molecule has 0 bridgehead atoms. The highest BCUT2D eigenvalue weighted by Crippen LogP contribution is 2.20. The Morgan fingerprint density at radius 3 is 2.76 bits per heavy atom. The van der Waals surface area contributed by atoms with Gasteiger partial charge in [0.25, 0.3) is 0 Å². The Hall–Kier alpha value is -2.20. The molecule has 0 fully saturated rings. The fourth-order valence-electron chi connectivity index (χ4n) is 1.88. The first kappa shape index (κ1) is 15.2. The summed E-state index contributed by atoms with van der Waals surface area (Å²) in [7, 11) is 1.63. The van der Waals surface area contributed by atoms with Gasteiger partial charge in [0, 0.05) is 6.54 Å². The van der Waals surface area contributed by atoms with Gasteiger partial charge in [0.2, 0.25) is 0 Å². The minimum absolute atomic E-state index is 0.272. The molecule has 4 nitrogen and oxygen atoms in total. The van der Waals surface area contributed by atoms with E-state index in [0.717, 1.165) is 17.7 Å². The summed E-state index contributed by atoms with van der Waals surface area (Å²) in [5.41, 5.74) is 1.70. The molecule has 0 unspecified atom stereocenters. The lowest BCUT2D eigenvalue weighted by atomic mass is 10.1. The highest BCUT2D eigenvalue weighted by atomic mass is 35.5. The van der Waals surface area contributed by atoms with Crippen LogP contribution < -0.4 is 15.4 Å². The molecule has 0 aliphatic rings. The zero-order chi connectivity index (χ0) is 15.1. The lowest BCUT2D eigenvalue weighted by Gasteiger charge is -2.09. The Kier molecular flexibility index (Phi) is 5.46. The summed E-state index contributed by atoms with van der Waals surface area (Å²) < 4.78 is 5.16. The summed E-state index contributed by atoms with van der Waals surface area (Å²) in [6, 6.07) is 14.6. The van der Waals surface area contributed by atoms with E-state index in [1.807, 2.05) is 36.4 Å². The van der Waals surface area contributed by atoms with Crippen LogP contribution in [-0.2, 0) is 6.42 Å². The normalized spacial score (nSPS) is 10.0. The van der Waals surface area contributed by atoms with Crippen molar-refractivity contribution in [1.29, 1.82) is 0 Å². The lowest BCUT2D eigenvalue weighted by molar-refractivity contribution is 0.252. The molecule has 0 saturated heterocycles. The van der Waals surface area contributed by atoms with Crippen LogP contribution in [0.4, 0.5) is 10.5 Å². The summed E-state index contributed by atoms with van der Waals surface area (Å²) in [4.78, 5) is 11.8. The molecule has 2 aromatic rings. The monoisotopic (exact) mass is 304 g/mol. The number of halogens is 1. The topological polar surface area (TPSA) is 50.4 Å². The maximum absolute atomic E-state index is 11.8. The lowest BCUT2D eigenvalue weighted by Crippen LogP contribution is -2.30. The van der Waals surface area contributed by atoms with Crippen molar-refractivity contribution >= 4 is 23.3 Å². The number of anilines is 1. The summed E-state index contributed by atoms with van der Waals surface area (Å²) >= 11 is 5.98. The van der Waals surface area contributed by atoms with Crippen LogP contribution in [0.1, 0.15) is 5.56 Å². The fraction of sp³-hybridized carbons (Fsp3) is 0.188. The van der Waals surface area contributed by atoms with Crippen LogP contribution in [0.25, 0.3) is 0 Å². The van der Waals surface area contributed by atoms with Crippen molar-refractivity contribution in [2.75, 3.05) is 19.0 Å². The third kappa shape index (κ3) is 4.68. The van der Waals surface area contributed by atoms with Crippen molar-refractivity contribution in [2.24, 2.45) is 0 Å². The molecule has 2 aromatic carbocycles. The molecule has 0 aromatic heterocycles. The maximum Gasteiger partial charge on any atom is 0.319 e. The molecular weight excluding hydrogens is 288 g/mol. The van der Waals surface area contributed by atoms with E-state index >= 15 is 0 Å². The Labute approximate surface area is 129 Å². The molecular formula is C16H17ClN2O2. The number of amides is 2. The number of hydrogen-bond donors (Lipinski definition) is 2. The highest BCUT2D eigenvalue weighted by molar-refractivity contribution is 6.33. The van der Waals surface area contributed by atoms with Crippen molar-refractivity contribution in [3.05, 3.63) is 59.1 Å². The zero-order valence-corrected chi connectivity index (χ0v) is 12.5. The van der Waals surface area contributed by atoms with E-state index in [1.165, 1.54) is 0 Å². The van der Waals surface area contributed by atoms with Crippen LogP contribution in [0, 0.1) is 0 Å². The Bertz CT molecular complexity index is 617. The van der Waals surface area contributed by atoms with Gasteiger partial charge in [-0.05, 0) is 36.2 Å². The molecule has 0 aliphatic carbocycles. The quantitative estimate of drug-likeness (QED) is 0.884. The average Bonchev–Trinajstić information content (AvgIpc) is 2.50. The number of carbonyl (C=O) groups is 1. The van der Waals surface area contributed by atoms with Crippen molar-refractivity contribution in [2.45, 2.75) is 6.42 Å². The minimum Gasteiger partial charge on any atom is -0.497 e. The number of carbonyl (C=O) groups excluding carboxylic acids is 1. The molecule has 2 N–H and O–H groups in total. The van der Waals surface area contributed by atoms with Gasteiger partial charge in [-0.3, -0.25) is 0 Å². The first-order chi connectivity index (χ1) is 10.2. The largest absolute Gasteiger partial charge is 0.497 e. The smallest absolute Gasteiger partial charge is 0.319 e. The third-order valence-electron chi connectivity index (χ3n) is 2.96. The number of hydrogen-bond acceptors (Lipinski definition) is 2. The predicted octanol–water partition coefficient (Wildman–Crippen LogP) is 3.71.